The zero-order valence-electron chi connectivity index (χ0n) is 24.4. The lowest BCUT2D eigenvalue weighted by atomic mass is 9.83. The Morgan fingerprint density at radius 3 is 2.34 bits per heavy atom. The molecule has 1 N–H and O–H groups in total. The second-order valence-electron chi connectivity index (χ2n) is 11.6. The summed E-state index contributed by atoms with van der Waals surface area (Å²) in [6, 6.07) is 31.4. The smallest absolute Gasteiger partial charge is 0.220 e. The fraction of sp³-hybridized carbons (Fsp3) is 0.278. The zero-order valence-corrected chi connectivity index (χ0v) is 24.4. The summed E-state index contributed by atoms with van der Waals surface area (Å²) >= 11 is 0. The maximum atomic E-state index is 13.4. The highest BCUT2D eigenvalue weighted by Gasteiger charge is 2.24. The molecule has 0 spiro atoms. The summed E-state index contributed by atoms with van der Waals surface area (Å²) in [6.07, 6.45) is 5.10. The minimum Gasteiger partial charge on any atom is -0.497 e. The van der Waals surface area contributed by atoms with E-state index in [0.29, 0.717) is 19.4 Å². The van der Waals surface area contributed by atoms with Crippen molar-refractivity contribution in [2.75, 3.05) is 13.7 Å². The highest BCUT2D eigenvalue weighted by atomic mass is 16.5. The number of carbonyl (C=O) groups excluding carboxylic acids is 1. The Hall–Kier alpha value is -4.38. The monoisotopic (exact) mass is 545 g/mol. The number of hydrogen-bond acceptors (Lipinski definition) is 3. The zero-order chi connectivity index (χ0) is 28.8. The van der Waals surface area contributed by atoms with E-state index >= 15 is 0 Å². The minimum atomic E-state index is -0.0825. The lowest BCUT2D eigenvalue weighted by Gasteiger charge is -2.22. The number of pyridine rings is 1. The molecule has 0 saturated carbocycles. The number of ether oxygens (including phenoxy) is 1. The number of fused-ring (bicyclic) bond motifs is 1. The maximum Gasteiger partial charge on any atom is 0.220 e. The predicted octanol–water partition coefficient (Wildman–Crippen LogP) is 7.27. The third-order valence-electron chi connectivity index (χ3n) is 7.70. The van der Waals surface area contributed by atoms with Crippen LogP contribution in [0.25, 0.3) is 10.9 Å². The third-order valence-corrected chi connectivity index (χ3v) is 7.70. The van der Waals surface area contributed by atoms with Crippen molar-refractivity contribution < 1.29 is 9.53 Å². The Kier molecular flexibility index (Phi) is 8.53. The minimum absolute atomic E-state index is 0.0396. The molecule has 1 atom stereocenters. The van der Waals surface area contributed by atoms with Crippen molar-refractivity contribution in [3.05, 3.63) is 131 Å². The highest BCUT2D eigenvalue weighted by molar-refractivity contribution is 5.86. The van der Waals surface area contributed by atoms with Crippen molar-refractivity contribution in [3.8, 4) is 5.75 Å². The number of nitrogens with one attached hydrogen (secondary N) is 1. The van der Waals surface area contributed by atoms with Gasteiger partial charge in [-0.2, -0.15) is 0 Å². The van der Waals surface area contributed by atoms with Gasteiger partial charge in [-0.05, 0) is 58.0 Å². The Labute approximate surface area is 243 Å². The van der Waals surface area contributed by atoms with Gasteiger partial charge in [-0.25, -0.2) is 0 Å². The number of carbonyl (C=O) groups is 1. The fourth-order valence-electron chi connectivity index (χ4n) is 5.37. The molecule has 2 heterocycles. The molecular formula is C36H39N3O2. The Morgan fingerprint density at radius 2 is 1.66 bits per heavy atom. The first-order valence-electron chi connectivity index (χ1n) is 14.3. The van der Waals surface area contributed by atoms with Gasteiger partial charge in [-0.3, -0.25) is 9.78 Å². The van der Waals surface area contributed by atoms with Crippen molar-refractivity contribution in [1.29, 1.82) is 0 Å². The first-order chi connectivity index (χ1) is 19.8. The van der Waals surface area contributed by atoms with E-state index in [0.717, 1.165) is 34.6 Å². The first-order valence-corrected chi connectivity index (χ1v) is 14.3. The van der Waals surface area contributed by atoms with Crippen LogP contribution in [0.4, 0.5) is 0 Å². The molecule has 0 radical (unpaired) electrons. The molecular weight excluding hydrogens is 506 g/mol. The van der Waals surface area contributed by atoms with E-state index in [1.54, 1.807) is 13.3 Å². The lowest BCUT2D eigenvalue weighted by Crippen LogP contribution is -2.27. The SMILES string of the molecule is COc1ccc(Cn2cc([C@@H](CC(=O)NCCc3ccccn3)c3ccc(C(C)(C)C)cc3)c3ccccc32)cc1. The molecule has 5 nitrogen and oxygen atoms in total. The van der Waals surface area contributed by atoms with Crippen LogP contribution in [0.5, 0.6) is 5.75 Å². The summed E-state index contributed by atoms with van der Waals surface area (Å²) in [5.74, 6) is 0.804. The fourth-order valence-corrected chi connectivity index (χ4v) is 5.37. The van der Waals surface area contributed by atoms with E-state index in [4.69, 9.17) is 4.74 Å². The van der Waals surface area contributed by atoms with Crippen LogP contribution in [0.1, 0.15) is 61.1 Å². The van der Waals surface area contributed by atoms with Gasteiger partial charge in [0.15, 0.2) is 0 Å². The van der Waals surface area contributed by atoms with Gasteiger partial charge in [0.25, 0.3) is 0 Å². The maximum absolute atomic E-state index is 13.4. The van der Waals surface area contributed by atoms with Crippen molar-refractivity contribution >= 4 is 16.8 Å². The number of hydrogen-bond donors (Lipinski definition) is 1. The van der Waals surface area contributed by atoms with Gasteiger partial charge in [0, 0.05) is 60.8 Å². The summed E-state index contributed by atoms with van der Waals surface area (Å²) in [6.45, 7) is 7.96. The highest BCUT2D eigenvalue weighted by Crippen LogP contribution is 2.36. The molecule has 5 aromatic rings. The van der Waals surface area contributed by atoms with Crippen LogP contribution in [0.2, 0.25) is 0 Å². The number of rotatable bonds is 10. The van der Waals surface area contributed by atoms with Gasteiger partial charge in [-0.15, -0.1) is 0 Å². The average Bonchev–Trinajstić information content (AvgIpc) is 3.34. The predicted molar refractivity (Wildman–Crippen MR) is 167 cm³/mol. The van der Waals surface area contributed by atoms with Gasteiger partial charge < -0.3 is 14.6 Å². The quantitative estimate of drug-likeness (QED) is 0.201. The Bertz CT molecular complexity index is 1580. The molecule has 0 saturated heterocycles. The Balaban J connectivity index is 1.46. The van der Waals surface area contributed by atoms with Crippen LogP contribution >= 0.6 is 0 Å². The summed E-state index contributed by atoms with van der Waals surface area (Å²) in [7, 11) is 1.68. The van der Waals surface area contributed by atoms with Crippen molar-refractivity contribution in [2.45, 2.75) is 51.5 Å². The van der Waals surface area contributed by atoms with Gasteiger partial charge in [0.1, 0.15) is 5.75 Å². The molecule has 2 aromatic heterocycles. The number of aromatic nitrogens is 2. The molecule has 0 aliphatic carbocycles. The van der Waals surface area contributed by atoms with Gasteiger partial charge >= 0.3 is 0 Å². The van der Waals surface area contributed by atoms with Crippen LogP contribution in [0.15, 0.2) is 103 Å². The van der Waals surface area contributed by atoms with Gasteiger partial charge in [0.05, 0.1) is 7.11 Å². The van der Waals surface area contributed by atoms with E-state index in [9.17, 15) is 4.79 Å². The summed E-state index contributed by atoms with van der Waals surface area (Å²) in [5, 5.41) is 4.32. The van der Waals surface area contributed by atoms with Crippen LogP contribution in [-0.4, -0.2) is 29.1 Å². The molecule has 0 aliphatic rings. The number of nitrogens with zero attached hydrogens (tertiary/aromatic N) is 2. The van der Waals surface area contributed by atoms with Crippen molar-refractivity contribution in [1.82, 2.24) is 14.9 Å². The van der Waals surface area contributed by atoms with Crippen LogP contribution < -0.4 is 10.1 Å². The second kappa shape index (κ2) is 12.4. The molecule has 5 heteroatoms. The number of benzene rings is 3. The standard InChI is InChI=1S/C36H39N3O2/c1-36(2,3)28-16-14-27(15-17-28)32(23-35(40)38-22-20-29-9-7-8-21-37-29)33-25-39(34-11-6-5-10-31(33)34)24-26-12-18-30(41-4)19-13-26/h5-19,21,25,32H,20,22-24H2,1-4H3,(H,38,40)/t32-/m0/s1. The normalized spacial score (nSPS) is 12.3. The molecule has 41 heavy (non-hydrogen) atoms. The molecule has 3 aromatic carbocycles. The van der Waals surface area contributed by atoms with Crippen LogP contribution in [0.3, 0.4) is 0 Å². The van der Waals surface area contributed by atoms with Crippen molar-refractivity contribution in [3.63, 3.8) is 0 Å². The largest absolute Gasteiger partial charge is 0.497 e. The van der Waals surface area contributed by atoms with Crippen LogP contribution in [0, 0.1) is 0 Å². The number of para-hydroxylation sites is 1. The molecule has 0 fully saturated rings. The van der Waals surface area contributed by atoms with E-state index in [2.05, 4.69) is 102 Å². The third kappa shape index (κ3) is 6.86. The van der Waals surface area contributed by atoms with Crippen molar-refractivity contribution in [2.24, 2.45) is 0 Å². The average molecular weight is 546 g/mol. The van der Waals surface area contributed by atoms with E-state index in [1.807, 2.05) is 30.3 Å². The lowest BCUT2D eigenvalue weighted by molar-refractivity contribution is -0.121. The molecule has 0 bridgehead atoms. The van der Waals surface area contributed by atoms with E-state index < -0.39 is 0 Å². The summed E-state index contributed by atoms with van der Waals surface area (Å²) in [5.41, 5.74) is 6.97. The molecule has 1 amide bonds. The number of methoxy groups -OCH3 is 1. The molecule has 5 rings (SSSR count). The number of amides is 1. The summed E-state index contributed by atoms with van der Waals surface area (Å²) in [4.78, 5) is 17.7. The van der Waals surface area contributed by atoms with Gasteiger partial charge in [-0.1, -0.05) is 81.4 Å². The van der Waals surface area contributed by atoms with Gasteiger partial charge in [0.2, 0.25) is 5.91 Å². The van der Waals surface area contributed by atoms with Crippen LogP contribution in [-0.2, 0) is 23.2 Å². The molecule has 0 aliphatic heterocycles. The second-order valence-corrected chi connectivity index (χ2v) is 11.6. The Morgan fingerprint density at radius 1 is 0.927 bits per heavy atom. The molecule has 210 valence electrons. The molecule has 0 unspecified atom stereocenters. The van der Waals surface area contributed by atoms with E-state index in [1.165, 1.54) is 16.5 Å². The van der Waals surface area contributed by atoms with E-state index in [-0.39, 0.29) is 17.2 Å². The first kappa shape index (κ1) is 28.2. The topological polar surface area (TPSA) is 56.1 Å². The summed E-state index contributed by atoms with van der Waals surface area (Å²) < 4.78 is 7.64.